The maximum absolute atomic E-state index is 10.6. The minimum absolute atomic E-state index is 0.338. The van der Waals surface area contributed by atoms with E-state index in [0.717, 1.165) is 11.1 Å². The van der Waals surface area contributed by atoms with Crippen molar-refractivity contribution >= 4 is 17.2 Å². The van der Waals surface area contributed by atoms with Gasteiger partial charge >= 0.3 is 17.2 Å². The van der Waals surface area contributed by atoms with Gasteiger partial charge in [-0.15, -0.1) is 0 Å². The van der Waals surface area contributed by atoms with Crippen LogP contribution >= 0.6 is 17.2 Å². The number of benzene rings is 6. The van der Waals surface area contributed by atoms with Crippen LogP contribution in [0, 0.1) is 27.7 Å². The summed E-state index contributed by atoms with van der Waals surface area (Å²) in [6, 6.07) is 36.5. The van der Waals surface area contributed by atoms with E-state index in [4.69, 9.17) is 9.05 Å². The molecular formula is C75H106O6P2. The molecule has 6 rings (SSSR count). The molecule has 6 nitrogen and oxygen atoms in total. The molecule has 452 valence electrons. The molecule has 6 aromatic rings. The molecule has 83 heavy (non-hydrogen) atoms. The first-order chi connectivity index (χ1) is 37.5. The van der Waals surface area contributed by atoms with Crippen molar-refractivity contribution in [2.24, 2.45) is 0 Å². The maximum atomic E-state index is 10.6. The minimum Gasteiger partial charge on any atom is -0.427 e. The average Bonchev–Trinajstić information content (AvgIpc) is 0.756. The molecule has 0 saturated carbocycles. The van der Waals surface area contributed by atoms with Crippen molar-refractivity contribution in [1.29, 1.82) is 0 Å². The van der Waals surface area contributed by atoms with Gasteiger partial charge in [-0.25, -0.2) is 0 Å². The quantitative estimate of drug-likeness (QED) is 0.0720. The topological polar surface area (TPSA) is 99.4 Å². The Morgan fingerprint density at radius 2 is 0.494 bits per heavy atom. The first-order valence-corrected chi connectivity index (χ1v) is 32.4. The summed E-state index contributed by atoms with van der Waals surface area (Å²) in [6.45, 7) is 66.4. The predicted octanol–water partition coefficient (Wildman–Crippen LogP) is 20.0. The maximum Gasteiger partial charge on any atom is 0.391 e. The molecule has 4 N–H and O–H groups in total. The Hall–Kier alpha value is -4.38. The van der Waals surface area contributed by atoms with Gasteiger partial charge in [0.25, 0.3) is 0 Å². The fourth-order valence-corrected chi connectivity index (χ4v) is 14.1. The van der Waals surface area contributed by atoms with Crippen molar-refractivity contribution < 1.29 is 28.6 Å². The third kappa shape index (κ3) is 13.8. The molecule has 0 amide bonds. The highest BCUT2D eigenvalue weighted by molar-refractivity contribution is 7.40. The number of hydrogen-bond acceptors (Lipinski definition) is 6. The Morgan fingerprint density at radius 1 is 0.301 bits per heavy atom. The third-order valence-electron chi connectivity index (χ3n) is 17.0. The Balaban J connectivity index is 2.44. The van der Waals surface area contributed by atoms with Crippen LogP contribution in [0.4, 0.5) is 0 Å². The summed E-state index contributed by atoms with van der Waals surface area (Å²) in [7, 11) is -5.49. The van der Waals surface area contributed by atoms with Crippen LogP contribution in [0.25, 0.3) is 0 Å². The van der Waals surface area contributed by atoms with Gasteiger partial charge in [0.2, 0.25) is 0 Å². The van der Waals surface area contributed by atoms with E-state index in [-0.39, 0.29) is 10.8 Å². The van der Waals surface area contributed by atoms with Crippen LogP contribution in [0.2, 0.25) is 0 Å². The van der Waals surface area contributed by atoms with Gasteiger partial charge in [-0.1, -0.05) is 261 Å². The van der Waals surface area contributed by atoms with Gasteiger partial charge < -0.3 is 28.6 Å². The molecule has 0 spiro atoms. The molecule has 0 saturated heterocycles. The van der Waals surface area contributed by atoms with E-state index in [1.54, 1.807) is 0 Å². The lowest BCUT2D eigenvalue weighted by atomic mass is 9.41. The molecule has 0 aliphatic rings. The molecule has 0 unspecified atom stereocenters. The Morgan fingerprint density at radius 3 is 0.675 bits per heavy atom. The lowest BCUT2D eigenvalue weighted by molar-refractivity contribution is 0.315. The van der Waals surface area contributed by atoms with Gasteiger partial charge in [0.05, 0.1) is 5.41 Å². The number of aryl methyl sites for hydroxylation is 4. The lowest BCUT2D eigenvalue weighted by Crippen LogP contribution is -2.58. The summed E-state index contributed by atoms with van der Waals surface area (Å²) < 4.78 is 11.8. The van der Waals surface area contributed by atoms with Crippen molar-refractivity contribution in [3.05, 3.63) is 197 Å². The van der Waals surface area contributed by atoms with E-state index in [2.05, 4.69) is 267 Å². The van der Waals surface area contributed by atoms with Crippen molar-refractivity contribution in [2.45, 2.75) is 254 Å². The van der Waals surface area contributed by atoms with Crippen molar-refractivity contribution in [1.82, 2.24) is 0 Å². The molecule has 0 aliphatic heterocycles. The largest absolute Gasteiger partial charge is 0.427 e. The molecular weight excluding hydrogens is 1060 g/mol. The van der Waals surface area contributed by atoms with Gasteiger partial charge in [-0.3, -0.25) is 0 Å². The van der Waals surface area contributed by atoms with Gasteiger partial charge in [-0.05, 0) is 180 Å². The molecule has 0 atom stereocenters. The molecule has 0 heterocycles. The van der Waals surface area contributed by atoms with Gasteiger partial charge in [0, 0.05) is 5.41 Å². The van der Waals surface area contributed by atoms with Crippen LogP contribution in [0.3, 0.4) is 0 Å². The van der Waals surface area contributed by atoms with Gasteiger partial charge in [-0.2, -0.15) is 0 Å². The fraction of sp³-hybridized carbons (Fsp3) is 0.520. The summed E-state index contributed by atoms with van der Waals surface area (Å²) in [5.41, 5.74) is 15.9. The normalized spacial score (nSPS) is 13.8. The van der Waals surface area contributed by atoms with E-state index < -0.39 is 60.5 Å². The highest BCUT2D eigenvalue weighted by Gasteiger charge is 2.64. The summed E-state index contributed by atoms with van der Waals surface area (Å²) >= 11 is 0. The molecule has 8 heteroatoms. The van der Waals surface area contributed by atoms with Crippen LogP contribution in [0.5, 0.6) is 11.5 Å². The molecule has 0 radical (unpaired) electrons. The Kier molecular flexibility index (Phi) is 18.8. The first kappa shape index (κ1) is 67.7. The van der Waals surface area contributed by atoms with Gasteiger partial charge in [0.15, 0.2) is 0 Å². The van der Waals surface area contributed by atoms with Crippen molar-refractivity contribution in [2.75, 3.05) is 0 Å². The second-order valence-corrected chi connectivity index (χ2v) is 34.0. The zero-order chi connectivity index (χ0) is 63.1. The highest BCUT2D eigenvalue weighted by Crippen LogP contribution is 2.67. The SMILES string of the molecule is Cc1cc(C(C)(C)C)c(CC(c2ccc(OP(O)O)cc2)(c2ccc(OP(O)O)cc2)C(c2c(C(C)(C)C)cc(C)cc2C(C)(C)C)(c2c(C(C)(C)C)cc(C)cc2C(C)(C)C)c2c(C(C)(C)C)cc(C)cc2C(C)(C)C)c(C(C)(C)C)c1. The molecule has 0 fully saturated rings. The molecule has 0 aromatic heterocycles. The van der Waals surface area contributed by atoms with Crippen LogP contribution in [0.1, 0.15) is 266 Å². The van der Waals surface area contributed by atoms with Crippen LogP contribution in [0.15, 0.2) is 97.1 Å². The second-order valence-electron chi connectivity index (χ2n) is 32.6. The average molecular weight is 1170 g/mol. The highest BCUT2D eigenvalue weighted by atomic mass is 31.2. The molecule has 0 aliphatic carbocycles. The first-order valence-electron chi connectivity index (χ1n) is 30.0. The van der Waals surface area contributed by atoms with Crippen molar-refractivity contribution in [3.63, 3.8) is 0 Å². The van der Waals surface area contributed by atoms with E-state index in [0.29, 0.717) is 17.9 Å². The smallest absolute Gasteiger partial charge is 0.391 e. The zero-order valence-corrected chi connectivity index (χ0v) is 58.2. The zero-order valence-electron chi connectivity index (χ0n) is 56.4. The van der Waals surface area contributed by atoms with E-state index >= 15 is 0 Å². The monoisotopic (exact) mass is 1160 g/mol. The van der Waals surface area contributed by atoms with E-state index in [9.17, 15) is 19.6 Å². The summed E-state index contributed by atoms with van der Waals surface area (Å²) in [5.74, 6) is 0.688. The fourth-order valence-electron chi connectivity index (χ4n) is 13.5. The van der Waals surface area contributed by atoms with Gasteiger partial charge in [0.1, 0.15) is 11.5 Å². The predicted molar refractivity (Wildman–Crippen MR) is 356 cm³/mol. The third-order valence-corrected chi connectivity index (χ3v) is 17.7. The molecule has 6 aromatic carbocycles. The van der Waals surface area contributed by atoms with Crippen molar-refractivity contribution in [3.8, 4) is 11.5 Å². The van der Waals surface area contributed by atoms with E-state index in [1.165, 1.54) is 89.0 Å². The summed E-state index contributed by atoms with van der Waals surface area (Å²) in [6.07, 6.45) is 0.468. The minimum atomic E-state index is -2.75. The Labute approximate surface area is 506 Å². The summed E-state index contributed by atoms with van der Waals surface area (Å²) in [5, 5.41) is 0. The van der Waals surface area contributed by atoms with E-state index in [1.807, 2.05) is 24.3 Å². The Bertz CT molecular complexity index is 2910. The van der Waals surface area contributed by atoms with Crippen LogP contribution in [-0.4, -0.2) is 19.6 Å². The number of rotatable bonds is 12. The van der Waals surface area contributed by atoms with Crippen LogP contribution < -0.4 is 9.05 Å². The van der Waals surface area contributed by atoms with Crippen LogP contribution in [-0.2, 0) is 60.6 Å². The summed E-state index contributed by atoms with van der Waals surface area (Å²) in [4.78, 5) is 42.3. The molecule has 0 bridgehead atoms. The lowest BCUT2D eigenvalue weighted by Gasteiger charge is -2.60. The standard InChI is InChI=1S/C75H106O6P2/c1-46-37-55(66(5,6)7)54(56(38-46)67(8,9)10)45-74(50-29-33-52(34-30-50)80-82(76)77,51-31-35-53(36-32-51)81-83(78)79)75(63-57(68(11,12)13)39-47(2)40-58(63)69(14,15)16,64-59(70(17,18)19)41-48(3)42-60(64)71(20,21)22)65-61(72(23,24)25)43-49(4)44-62(65)73(26,27)28/h29-44,76-79H,45H2,1-28H3. The number of hydrogen-bond donors (Lipinski definition) is 4. The second kappa shape index (κ2) is 23.0.